The lowest BCUT2D eigenvalue weighted by Crippen LogP contribution is -2.76. The molecular formula is C30H44O9. The molecule has 4 saturated carbocycles. The van der Waals surface area contributed by atoms with Crippen molar-refractivity contribution >= 4 is 17.7 Å². The Balaban J connectivity index is 1.39. The van der Waals surface area contributed by atoms with Gasteiger partial charge < -0.3 is 29.9 Å². The van der Waals surface area contributed by atoms with Gasteiger partial charge in [-0.1, -0.05) is 19.4 Å². The predicted octanol–water partition coefficient (Wildman–Crippen LogP) is 2.07. The monoisotopic (exact) mass is 548 g/mol. The first-order valence-electron chi connectivity index (χ1n) is 14.6. The van der Waals surface area contributed by atoms with Gasteiger partial charge in [-0.3, -0.25) is 9.59 Å². The fraction of sp³-hybridized carbons (Fsp3) is 0.833. The lowest BCUT2D eigenvalue weighted by Gasteiger charge is -2.65. The van der Waals surface area contributed by atoms with E-state index in [0.717, 1.165) is 24.8 Å². The minimum absolute atomic E-state index is 0.0662. The Kier molecular flexibility index (Phi) is 7.31. The van der Waals surface area contributed by atoms with E-state index >= 15 is 0 Å². The summed E-state index contributed by atoms with van der Waals surface area (Å²) < 4.78 is 10.9. The lowest BCUT2D eigenvalue weighted by molar-refractivity contribution is -0.286. The number of aliphatic hydroxyl groups is 4. The van der Waals surface area contributed by atoms with Crippen molar-refractivity contribution in [3.05, 3.63) is 11.1 Å². The molecule has 0 spiro atoms. The number of hydrogen-bond donors (Lipinski definition) is 4. The number of aliphatic hydroxyl groups excluding tert-OH is 3. The second-order valence-electron chi connectivity index (χ2n) is 13.3. The fourth-order valence-electron chi connectivity index (χ4n) is 9.91. The van der Waals surface area contributed by atoms with E-state index in [1.807, 2.05) is 6.92 Å². The Hall–Kier alpha value is -1.81. The molecule has 4 aliphatic carbocycles. The molecule has 39 heavy (non-hydrogen) atoms. The van der Waals surface area contributed by atoms with Crippen LogP contribution in [0.15, 0.2) is 11.1 Å². The molecule has 4 N–H and O–H groups in total. The van der Waals surface area contributed by atoms with Gasteiger partial charge in [0.15, 0.2) is 0 Å². The zero-order valence-electron chi connectivity index (χ0n) is 23.5. The van der Waals surface area contributed by atoms with Gasteiger partial charge in [0.2, 0.25) is 0 Å². The molecule has 218 valence electrons. The molecule has 1 heterocycles. The minimum Gasteiger partial charge on any atom is -0.461 e. The number of Topliss-reactive ketones (excluding diaryl/α,β-unsaturated/α-hetero) is 1. The van der Waals surface area contributed by atoms with E-state index in [1.54, 1.807) is 0 Å². The topological polar surface area (TPSA) is 151 Å². The number of esters is 2. The highest BCUT2D eigenvalue weighted by atomic mass is 16.6. The summed E-state index contributed by atoms with van der Waals surface area (Å²) in [5.41, 5.74) is -2.44. The molecule has 0 aromatic rings. The van der Waals surface area contributed by atoms with Gasteiger partial charge in [0.05, 0.1) is 29.8 Å². The summed E-state index contributed by atoms with van der Waals surface area (Å²) in [6, 6.07) is 0. The predicted molar refractivity (Wildman–Crippen MR) is 139 cm³/mol. The first-order valence-corrected chi connectivity index (χ1v) is 14.6. The summed E-state index contributed by atoms with van der Waals surface area (Å²) in [7, 11) is 0. The van der Waals surface area contributed by atoms with Crippen molar-refractivity contribution in [1.29, 1.82) is 0 Å². The highest BCUT2D eigenvalue weighted by Gasteiger charge is 2.73. The second-order valence-corrected chi connectivity index (χ2v) is 13.3. The summed E-state index contributed by atoms with van der Waals surface area (Å²) >= 11 is 0. The van der Waals surface area contributed by atoms with Crippen LogP contribution in [-0.4, -0.2) is 75.3 Å². The summed E-state index contributed by atoms with van der Waals surface area (Å²) in [5.74, 6) is -1.02. The molecule has 0 saturated heterocycles. The molecule has 0 radical (unpaired) electrons. The first kappa shape index (κ1) is 28.7. The van der Waals surface area contributed by atoms with Crippen molar-refractivity contribution in [3.8, 4) is 0 Å². The maximum atomic E-state index is 13.4. The minimum atomic E-state index is -2.04. The Morgan fingerprint density at radius 1 is 1.13 bits per heavy atom. The average molecular weight is 549 g/mol. The van der Waals surface area contributed by atoms with Crippen LogP contribution in [0.3, 0.4) is 0 Å². The van der Waals surface area contributed by atoms with Crippen LogP contribution in [0.25, 0.3) is 0 Å². The fourth-order valence-corrected chi connectivity index (χ4v) is 9.91. The van der Waals surface area contributed by atoms with E-state index in [9.17, 15) is 34.8 Å². The molecule has 9 nitrogen and oxygen atoms in total. The van der Waals surface area contributed by atoms with Gasteiger partial charge in [0.1, 0.15) is 24.1 Å². The van der Waals surface area contributed by atoms with Crippen LogP contribution in [-0.2, 0) is 23.9 Å². The third-order valence-electron chi connectivity index (χ3n) is 11.9. The van der Waals surface area contributed by atoms with E-state index in [0.29, 0.717) is 18.4 Å². The van der Waals surface area contributed by atoms with Gasteiger partial charge >= 0.3 is 11.9 Å². The number of ether oxygens (including phenoxy) is 2. The molecule has 0 aromatic carbocycles. The van der Waals surface area contributed by atoms with Crippen LogP contribution >= 0.6 is 0 Å². The molecule has 5 rings (SSSR count). The molecule has 11 atom stereocenters. The number of fused-ring (bicyclic) bond motifs is 5. The van der Waals surface area contributed by atoms with Gasteiger partial charge in [0.25, 0.3) is 0 Å². The van der Waals surface area contributed by atoms with Crippen molar-refractivity contribution in [2.75, 3.05) is 13.2 Å². The second kappa shape index (κ2) is 9.93. The Bertz CT molecular complexity index is 1070. The van der Waals surface area contributed by atoms with Gasteiger partial charge in [-0.25, -0.2) is 4.79 Å². The third-order valence-corrected chi connectivity index (χ3v) is 11.9. The number of cyclic esters (lactones) is 1. The van der Waals surface area contributed by atoms with Crippen molar-refractivity contribution in [2.24, 2.45) is 40.4 Å². The van der Waals surface area contributed by atoms with E-state index < -0.39 is 41.8 Å². The summed E-state index contributed by atoms with van der Waals surface area (Å²) in [6.07, 6.45) is 1.41. The van der Waals surface area contributed by atoms with Crippen LogP contribution in [0.4, 0.5) is 0 Å². The van der Waals surface area contributed by atoms with E-state index in [1.165, 1.54) is 6.92 Å². The number of ketones is 1. The van der Waals surface area contributed by atoms with Gasteiger partial charge in [-0.05, 0) is 80.5 Å². The molecular weight excluding hydrogens is 504 g/mol. The van der Waals surface area contributed by atoms with Crippen molar-refractivity contribution in [3.63, 3.8) is 0 Å². The van der Waals surface area contributed by atoms with Crippen LogP contribution in [0.5, 0.6) is 0 Å². The van der Waals surface area contributed by atoms with E-state index in [4.69, 9.17) is 9.47 Å². The largest absolute Gasteiger partial charge is 0.461 e. The van der Waals surface area contributed by atoms with Gasteiger partial charge in [-0.2, -0.15) is 0 Å². The number of carbonyl (C=O) groups excluding carboxylic acids is 3. The molecule has 9 heteroatoms. The molecule has 0 bridgehead atoms. The third kappa shape index (κ3) is 3.97. The zero-order chi connectivity index (χ0) is 28.5. The highest BCUT2D eigenvalue weighted by molar-refractivity contribution is 5.91. The quantitative estimate of drug-likeness (QED) is 0.379. The van der Waals surface area contributed by atoms with Crippen LogP contribution in [0.1, 0.15) is 79.1 Å². The molecule has 1 unspecified atom stereocenters. The average Bonchev–Trinajstić information content (AvgIpc) is 3.23. The number of carbonyl (C=O) groups is 3. The van der Waals surface area contributed by atoms with Gasteiger partial charge in [0, 0.05) is 19.8 Å². The lowest BCUT2D eigenvalue weighted by atomic mass is 9.41. The molecule has 5 aliphatic rings. The Labute approximate surface area is 229 Å². The molecule has 1 aliphatic heterocycles. The van der Waals surface area contributed by atoms with Crippen molar-refractivity contribution in [1.82, 2.24) is 0 Å². The first-order chi connectivity index (χ1) is 18.3. The normalized spacial score (nSPS) is 46.6. The van der Waals surface area contributed by atoms with Crippen LogP contribution in [0, 0.1) is 40.4 Å². The molecule has 0 amide bonds. The maximum absolute atomic E-state index is 13.4. The molecule has 0 aromatic heterocycles. The van der Waals surface area contributed by atoms with E-state index in [2.05, 4.69) is 13.8 Å². The number of rotatable bonds is 5. The SMILES string of the molecule is CC(=O)OCC1=C(C)CC([C@@H](C)[C@H]2CC[C@H]3[C@@H]4C[C@@H](O)[C@@]5(O)[C@@H](O)CCC(=O)[C@]5(CO)[C@H]4CC[C@]23C)OC1=O. The Morgan fingerprint density at radius 2 is 1.85 bits per heavy atom. The van der Waals surface area contributed by atoms with Crippen LogP contribution < -0.4 is 0 Å². The highest BCUT2D eigenvalue weighted by Crippen LogP contribution is 2.68. The van der Waals surface area contributed by atoms with E-state index in [-0.39, 0.29) is 72.8 Å². The molecule has 4 fully saturated rings. The maximum Gasteiger partial charge on any atom is 0.337 e. The summed E-state index contributed by atoms with van der Waals surface area (Å²) in [5, 5.41) is 44.4. The summed E-state index contributed by atoms with van der Waals surface area (Å²) in [6.45, 7) is 6.94. The summed E-state index contributed by atoms with van der Waals surface area (Å²) in [4.78, 5) is 37.5. The van der Waals surface area contributed by atoms with Crippen molar-refractivity contribution < 1.29 is 44.3 Å². The van der Waals surface area contributed by atoms with Crippen molar-refractivity contribution in [2.45, 2.75) is 103 Å². The zero-order valence-corrected chi connectivity index (χ0v) is 23.5. The van der Waals surface area contributed by atoms with Gasteiger partial charge in [-0.15, -0.1) is 0 Å². The standard InChI is InChI=1S/C30H44O9/c1-15-11-23(39-27(36)19(15)13-38-17(3)32)16(2)20-5-6-21-18-12-26(35)30(37)25(34)8-7-24(33)29(30,14-31)22(18)9-10-28(20,21)4/h16,18,20-23,25-26,31,34-35,37H,5-14H2,1-4H3/t16-,18-,20+,21-,22-,23?,25-,26+,28+,29-,30-/m0/s1. The number of hydrogen-bond acceptors (Lipinski definition) is 9. The Morgan fingerprint density at radius 3 is 2.49 bits per heavy atom. The van der Waals surface area contributed by atoms with Crippen LogP contribution in [0.2, 0.25) is 0 Å². The smallest absolute Gasteiger partial charge is 0.337 e.